The van der Waals surface area contributed by atoms with E-state index in [0.717, 1.165) is 34.7 Å². The fraction of sp³-hybridized carbons (Fsp3) is 0.389. The second-order valence-electron chi connectivity index (χ2n) is 6.57. The Labute approximate surface area is 148 Å². The fourth-order valence-electron chi connectivity index (χ4n) is 3.23. The van der Waals surface area contributed by atoms with E-state index in [9.17, 15) is 14.0 Å². The molecule has 1 saturated carbocycles. The number of nitrogens with zero attached hydrogens (tertiary/aromatic N) is 2. The first-order valence-electron chi connectivity index (χ1n) is 8.41. The highest BCUT2D eigenvalue weighted by atomic mass is 32.1. The van der Waals surface area contributed by atoms with E-state index >= 15 is 0 Å². The van der Waals surface area contributed by atoms with E-state index in [4.69, 9.17) is 5.73 Å². The topological polar surface area (TPSA) is 76.3 Å². The second-order valence-corrected chi connectivity index (χ2v) is 7.60. The first kappa shape index (κ1) is 16.2. The second kappa shape index (κ2) is 6.22. The van der Waals surface area contributed by atoms with Gasteiger partial charge in [-0.1, -0.05) is 12.1 Å². The van der Waals surface area contributed by atoms with E-state index in [-0.39, 0.29) is 11.7 Å². The summed E-state index contributed by atoms with van der Waals surface area (Å²) < 4.78 is 13.3. The van der Waals surface area contributed by atoms with Crippen molar-refractivity contribution in [2.75, 3.05) is 6.54 Å². The van der Waals surface area contributed by atoms with Crippen molar-refractivity contribution in [1.29, 1.82) is 0 Å². The number of halogens is 1. The number of aromatic nitrogens is 1. The van der Waals surface area contributed by atoms with Crippen LogP contribution in [0.1, 0.15) is 47.1 Å². The van der Waals surface area contributed by atoms with Gasteiger partial charge in [0, 0.05) is 12.5 Å². The van der Waals surface area contributed by atoms with Crippen LogP contribution in [0.4, 0.5) is 4.39 Å². The Morgan fingerprint density at radius 3 is 2.56 bits per heavy atom. The molecule has 2 fully saturated rings. The summed E-state index contributed by atoms with van der Waals surface area (Å²) in [4.78, 5) is 31.6. The molecule has 1 aromatic heterocycles. The van der Waals surface area contributed by atoms with Crippen LogP contribution in [0.5, 0.6) is 0 Å². The monoisotopic (exact) mass is 359 g/mol. The number of hydrogen-bond donors (Lipinski definition) is 1. The minimum atomic E-state index is -0.570. The van der Waals surface area contributed by atoms with Crippen LogP contribution in [0.3, 0.4) is 0 Å². The molecule has 0 spiro atoms. The van der Waals surface area contributed by atoms with Gasteiger partial charge in [-0.3, -0.25) is 9.59 Å². The molecule has 1 aliphatic heterocycles. The van der Waals surface area contributed by atoms with Crippen LogP contribution in [0.2, 0.25) is 0 Å². The smallest absolute Gasteiger partial charge is 0.274 e. The van der Waals surface area contributed by atoms with Gasteiger partial charge in [-0.2, -0.15) is 0 Å². The third-order valence-electron chi connectivity index (χ3n) is 4.72. The maximum Gasteiger partial charge on any atom is 0.274 e. The van der Waals surface area contributed by atoms with Crippen LogP contribution in [-0.2, 0) is 4.79 Å². The molecule has 2 aromatic rings. The third kappa shape index (κ3) is 3.04. The Kier molecular flexibility index (Phi) is 4.03. The molecule has 1 saturated heterocycles. The van der Waals surface area contributed by atoms with Crippen LogP contribution in [0, 0.1) is 5.82 Å². The van der Waals surface area contributed by atoms with Gasteiger partial charge in [0.1, 0.15) is 17.6 Å². The predicted octanol–water partition coefficient (Wildman–Crippen LogP) is 2.92. The number of benzene rings is 1. The number of carbonyl (C=O) groups excluding carboxylic acids is 2. The van der Waals surface area contributed by atoms with Gasteiger partial charge in [-0.25, -0.2) is 9.37 Å². The highest BCUT2D eigenvalue weighted by Crippen LogP contribution is 2.45. The number of carbonyl (C=O) groups is 2. The zero-order valence-corrected chi connectivity index (χ0v) is 14.4. The maximum atomic E-state index is 13.3. The molecule has 130 valence electrons. The van der Waals surface area contributed by atoms with Crippen molar-refractivity contribution in [1.82, 2.24) is 9.88 Å². The summed E-state index contributed by atoms with van der Waals surface area (Å²) in [6.45, 7) is 0.506. The van der Waals surface area contributed by atoms with E-state index in [1.54, 1.807) is 12.1 Å². The van der Waals surface area contributed by atoms with Crippen LogP contribution in [0.25, 0.3) is 10.4 Å². The number of thiazole rings is 1. The van der Waals surface area contributed by atoms with Crippen molar-refractivity contribution >= 4 is 23.2 Å². The molecule has 1 unspecified atom stereocenters. The van der Waals surface area contributed by atoms with Gasteiger partial charge < -0.3 is 10.6 Å². The molecule has 1 atom stereocenters. The normalized spacial score (nSPS) is 20.0. The van der Waals surface area contributed by atoms with Crippen LogP contribution < -0.4 is 5.73 Å². The number of likely N-dealkylation sites (tertiary alicyclic amines) is 1. The molecular formula is C18H18FN3O2S. The molecule has 2 amide bonds. The van der Waals surface area contributed by atoms with Crippen molar-refractivity contribution in [3.63, 3.8) is 0 Å². The molecule has 2 heterocycles. The molecule has 4 rings (SSSR count). The van der Waals surface area contributed by atoms with Gasteiger partial charge in [-0.05, 0) is 43.4 Å². The van der Waals surface area contributed by atoms with Crippen molar-refractivity contribution in [3.8, 4) is 10.4 Å². The fourth-order valence-corrected chi connectivity index (χ4v) is 4.46. The first-order valence-corrected chi connectivity index (χ1v) is 9.23. The van der Waals surface area contributed by atoms with Crippen LogP contribution in [0.15, 0.2) is 24.3 Å². The Bertz CT molecular complexity index is 829. The standard InChI is InChI=1S/C18H18FN3O2S/c19-12-7-5-10(6-8-12)15-14(21-17(25-15)11-3-4-11)18(24)22-9-1-2-13(22)16(20)23/h5-8,11,13H,1-4,9H2,(H2,20,23). The lowest BCUT2D eigenvalue weighted by atomic mass is 10.1. The Balaban J connectivity index is 1.73. The SMILES string of the molecule is NC(=O)C1CCCN1C(=O)c1nc(C2CC2)sc1-c1ccc(F)cc1. The number of nitrogens with two attached hydrogens (primary N) is 1. The zero-order chi connectivity index (χ0) is 17.6. The molecule has 1 aromatic carbocycles. The summed E-state index contributed by atoms with van der Waals surface area (Å²) in [5.74, 6) is -0.649. The summed E-state index contributed by atoms with van der Waals surface area (Å²) in [5.41, 5.74) is 6.56. The number of rotatable bonds is 4. The van der Waals surface area contributed by atoms with Crippen molar-refractivity contribution < 1.29 is 14.0 Å². The number of primary amides is 1. The van der Waals surface area contributed by atoms with Gasteiger partial charge in [0.15, 0.2) is 0 Å². The summed E-state index contributed by atoms with van der Waals surface area (Å²) in [5, 5.41) is 0.942. The predicted molar refractivity (Wildman–Crippen MR) is 92.7 cm³/mol. The molecule has 7 heteroatoms. The molecule has 5 nitrogen and oxygen atoms in total. The van der Waals surface area contributed by atoms with E-state index in [0.29, 0.717) is 24.6 Å². The molecule has 0 bridgehead atoms. The highest BCUT2D eigenvalue weighted by molar-refractivity contribution is 7.15. The molecular weight excluding hydrogens is 341 g/mol. The molecule has 0 radical (unpaired) electrons. The van der Waals surface area contributed by atoms with Crippen LogP contribution >= 0.6 is 11.3 Å². The Morgan fingerprint density at radius 1 is 1.20 bits per heavy atom. The minimum Gasteiger partial charge on any atom is -0.368 e. The third-order valence-corrected chi connectivity index (χ3v) is 5.99. The lowest BCUT2D eigenvalue weighted by molar-refractivity contribution is -0.121. The lowest BCUT2D eigenvalue weighted by Gasteiger charge is -2.21. The summed E-state index contributed by atoms with van der Waals surface area (Å²) in [7, 11) is 0. The summed E-state index contributed by atoms with van der Waals surface area (Å²) in [6.07, 6.45) is 3.51. The van der Waals surface area contributed by atoms with E-state index in [1.807, 2.05) is 0 Å². The molecule has 1 aliphatic carbocycles. The van der Waals surface area contributed by atoms with Gasteiger partial charge in [0.25, 0.3) is 5.91 Å². The molecule has 25 heavy (non-hydrogen) atoms. The van der Waals surface area contributed by atoms with Crippen molar-refractivity contribution in [3.05, 3.63) is 40.8 Å². The van der Waals surface area contributed by atoms with Crippen LogP contribution in [-0.4, -0.2) is 34.3 Å². The van der Waals surface area contributed by atoms with Crippen molar-refractivity contribution in [2.45, 2.75) is 37.6 Å². The molecule has 2 aliphatic rings. The number of hydrogen-bond acceptors (Lipinski definition) is 4. The Morgan fingerprint density at radius 2 is 1.92 bits per heavy atom. The van der Waals surface area contributed by atoms with Crippen molar-refractivity contribution in [2.24, 2.45) is 5.73 Å². The van der Waals surface area contributed by atoms with E-state index in [1.165, 1.54) is 28.4 Å². The van der Waals surface area contributed by atoms with Gasteiger partial charge in [0.05, 0.1) is 9.88 Å². The lowest BCUT2D eigenvalue weighted by Crippen LogP contribution is -2.43. The highest BCUT2D eigenvalue weighted by Gasteiger charge is 2.37. The van der Waals surface area contributed by atoms with Gasteiger partial charge in [-0.15, -0.1) is 11.3 Å². The first-order chi connectivity index (χ1) is 12.0. The van der Waals surface area contributed by atoms with E-state index < -0.39 is 11.9 Å². The quantitative estimate of drug-likeness (QED) is 0.912. The average Bonchev–Trinajstić information content (AvgIpc) is 3.16. The van der Waals surface area contributed by atoms with E-state index in [2.05, 4.69) is 4.98 Å². The maximum absolute atomic E-state index is 13.3. The largest absolute Gasteiger partial charge is 0.368 e. The summed E-state index contributed by atoms with van der Waals surface area (Å²) in [6, 6.07) is 5.50. The Hall–Kier alpha value is -2.28. The zero-order valence-electron chi connectivity index (χ0n) is 13.6. The average molecular weight is 359 g/mol. The van der Waals surface area contributed by atoms with Gasteiger partial charge in [0.2, 0.25) is 5.91 Å². The summed E-state index contributed by atoms with van der Waals surface area (Å²) >= 11 is 1.49. The minimum absolute atomic E-state index is 0.260. The van der Waals surface area contributed by atoms with Gasteiger partial charge >= 0.3 is 0 Å². The number of amides is 2. The molecule has 2 N–H and O–H groups in total.